The molecule has 0 aliphatic carbocycles. The molecule has 6 heteroatoms. The van der Waals surface area contributed by atoms with Crippen LogP contribution in [0.25, 0.3) is 0 Å². The highest BCUT2D eigenvalue weighted by molar-refractivity contribution is 5.96. The molecule has 2 fully saturated rings. The molecule has 6 nitrogen and oxygen atoms in total. The van der Waals surface area contributed by atoms with Gasteiger partial charge in [-0.3, -0.25) is 4.79 Å². The molecule has 0 atom stereocenters. The Morgan fingerprint density at radius 2 is 1.65 bits per heavy atom. The lowest BCUT2D eigenvalue weighted by molar-refractivity contribution is -0.121. The number of nitrogens with one attached hydrogen (secondary N) is 1. The number of hydrogen-bond donors (Lipinski definition) is 1. The number of piperidine rings is 2. The lowest BCUT2D eigenvalue weighted by Crippen LogP contribution is -2.45. The van der Waals surface area contributed by atoms with E-state index in [2.05, 4.69) is 16.3 Å². The summed E-state index contributed by atoms with van der Waals surface area (Å²) in [6.45, 7) is 3.39. The molecule has 142 valence electrons. The third-order valence-corrected chi connectivity index (χ3v) is 5.38. The molecule has 1 aromatic rings. The summed E-state index contributed by atoms with van der Waals surface area (Å²) in [6, 6.07) is 8.12. The fourth-order valence-corrected chi connectivity index (χ4v) is 3.84. The van der Waals surface area contributed by atoms with Crippen molar-refractivity contribution in [1.29, 1.82) is 0 Å². The van der Waals surface area contributed by atoms with Crippen LogP contribution in [0.5, 0.6) is 0 Å². The summed E-state index contributed by atoms with van der Waals surface area (Å²) in [7, 11) is 3.53. The molecule has 2 heterocycles. The minimum absolute atomic E-state index is 0.0271. The lowest BCUT2D eigenvalue weighted by Gasteiger charge is -2.34. The highest BCUT2D eigenvalue weighted by Gasteiger charge is 2.28. The number of hydrogen-bond acceptors (Lipinski definition) is 3. The molecule has 1 aromatic carbocycles. The first kappa shape index (κ1) is 18.5. The summed E-state index contributed by atoms with van der Waals surface area (Å²) in [6.07, 6.45) is 5.14. The number of amides is 3. The predicted octanol–water partition coefficient (Wildman–Crippen LogP) is 3.01. The summed E-state index contributed by atoms with van der Waals surface area (Å²) in [5, 5.41) is 3.15. The van der Waals surface area contributed by atoms with E-state index < -0.39 is 0 Å². The molecule has 0 spiro atoms. The van der Waals surface area contributed by atoms with Crippen molar-refractivity contribution in [3.63, 3.8) is 0 Å². The first-order valence-corrected chi connectivity index (χ1v) is 9.67. The number of carbonyl (C=O) groups is 2. The zero-order chi connectivity index (χ0) is 18.5. The minimum Gasteiger partial charge on any atom is -0.370 e. The van der Waals surface area contributed by atoms with Crippen LogP contribution in [0, 0.1) is 5.92 Å². The Kier molecular flexibility index (Phi) is 6.01. The number of nitrogens with zero attached hydrogens (tertiary/aromatic N) is 3. The van der Waals surface area contributed by atoms with Crippen molar-refractivity contribution < 1.29 is 9.59 Å². The predicted molar refractivity (Wildman–Crippen MR) is 105 cm³/mol. The number of likely N-dealkylation sites (tertiary alicyclic amines) is 1. The molecular formula is C20H30N4O2. The van der Waals surface area contributed by atoms with Crippen LogP contribution in [-0.2, 0) is 4.79 Å². The summed E-state index contributed by atoms with van der Waals surface area (Å²) in [5.74, 6) is 0.0436. The van der Waals surface area contributed by atoms with E-state index in [0.717, 1.165) is 37.3 Å². The molecule has 2 aliphatic heterocycles. The molecule has 3 amide bonds. The standard InChI is InChI=1S/C20H30N4O2/c1-22(2)20(26)24-14-10-16(11-15-24)19(25)21-17-8-4-5-9-18(17)23-12-6-3-7-13-23/h4-5,8-9,16H,3,6-7,10-15H2,1-2H3,(H,21,25). The van der Waals surface area contributed by atoms with Gasteiger partial charge in [-0.1, -0.05) is 12.1 Å². The Balaban J connectivity index is 1.60. The number of anilines is 2. The average molecular weight is 358 g/mol. The van der Waals surface area contributed by atoms with Crippen molar-refractivity contribution in [2.75, 3.05) is 50.5 Å². The molecule has 0 saturated carbocycles. The maximum atomic E-state index is 12.8. The van der Waals surface area contributed by atoms with E-state index in [1.807, 2.05) is 23.1 Å². The van der Waals surface area contributed by atoms with Gasteiger partial charge in [0.15, 0.2) is 0 Å². The topological polar surface area (TPSA) is 55.9 Å². The zero-order valence-electron chi connectivity index (χ0n) is 15.9. The Bertz CT molecular complexity index is 632. The second-order valence-electron chi connectivity index (χ2n) is 7.49. The fourth-order valence-electron chi connectivity index (χ4n) is 3.84. The molecule has 26 heavy (non-hydrogen) atoms. The van der Waals surface area contributed by atoms with Crippen LogP contribution in [0.2, 0.25) is 0 Å². The molecule has 0 unspecified atom stereocenters. The van der Waals surface area contributed by atoms with Crippen LogP contribution in [-0.4, -0.2) is 62.0 Å². The van der Waals surface area contributed by atoms with E-state index in [9.17, 15) is 9.59 Å². The highest BCUT2D eigenvalue weighted by atomic mass is 16.2. The van der Waals surface area contributed by atoms with Gasteiger partial charge < -0.3 is 20.0 Å². The Morgan fingerprint density at radius 3 is 2.31 bits per heavy atom. The average Bonchev–Trinajstić information content (AvgIpc) is 2.68. The lowest BCUT2D eigenvalue weighted by atomic mass is 9.96. The van der Waals surface area contributed by atoms with E-state index in [1.165, 1.54) is 19.3 Å². The zero-order valence-corrected chi connectivity index (χ0v) is 15.9. The van der Waals surface area contributed by atoms with Gasteiger partial charge in [-0.2, -0.15) is 0 Å². The van der Waals surface area contributed by atoms with Crippen LogP contribution >= 0.6 is 0 Å². The molecule has 0 aromatic heterocycles. The molecule has 0 radical (unpaired) electrons. The molecule has 3 rings (SSSR count). The summed E-state index contributed by atoms with van der Waals surface area (Å²) < 4.78 is 0. The number of rotatable bonds is 3. The van der Waals surface area contributed by atoms with Gasteiger partial charge in [0.05, 0.1) is 11.4 Å². The van der Waals surface area contributed by atoms with Gasteiger partial charge in [-0.25, -0.2) is 4.79 Å². The van der Waals surface area contributed by atoms with Gasteiger partial charge in [0, 0.05) is 46.2 Å². The largest absolute Gasteiger partial charge is 0.370 e. The van der Waals surface area contributed by atoms with Crippen LogP contribution in [0.3, 0.4) is 0 Å². The second kappa shape index (κ2) is 8.43. The van der Waals surface area contributed by atoms with Crippen LogP contribution in [0.15, 0.2) is 24.3 Å². The highest BCUT2D eigenvalue weighted by Crippen LogP contribution is 2.29. The number of benzene rings is 1. The minimum atomic E-state index is -0.0318. The van der Waals surface area contributed by atoms with Crippen molar-refractivity contribution in [1.82, 2.24) is 9.80 Å². The van der Waals surface area contributed by atoms with Crippen molar-refractivity contribution in [2.24, 2.45) is 5.92 Å². The monoisotopic (exact) mass is 358 g/mol. The van der Waals surface area contributed by atoms with Crippen LogP contribution in [0.4, 0.5) is 16.2 Å². The van der Waals surface area contributed by atoms with Crippen LogP contribution in [0.1, 0.15) is 32.1 Å². The van der Waals surface area contributed by atoms with E-state index in [1.54, 1.807) is 19.0 Å². The Hall–Kier alpha value is -2.24. The summed E-state index contributed by atoms with van der Waals surface area (Å²) in [5.41, 5.74) is 2.03. The Labute approximate surface area is 156 Å². The smallest absolute Gasteiger partial charge is 0.319 e. The SMILES string of the molecule is CN(C)C(=O)N1CCC(C(=O)Nc2ccccc2N2CCCCC2)CC1. The maximum absolute atomic E-state index is 12.8. The van der Waals surface area contributed by atoms with Crippen molar-refractivity contribution in [3.8, 4) is 0 Å². The van der Waals surface area contributed by atoms with Gasteiger partial charge in [0.2, 0.25) is 5.91 Å². The van der Waals surface area contributed by atoms with Crippen molar-refractivity contribution in [2.45, 2.75) is 32.1 Å². The molecular weight excluding hydrogens is 328 g/mol. The Morgan fingerprint density at radius 1 is 1.00 bits per heavy atom. The van der Waals surface area contributed by atoms with Gasteiger partial charge in [-0.15, -0.1) is 0 Å². The third-order valence-electron chi connectivity index (χ3n) is 5.38. The van der Waals surface area contributed by atoms with Gasteiger partial charge in [0.25, 0.3) is 0 Å². The van der Waals surface area contributed by atoms with Crippen molar-refractivity contribution >= 4 is 23.3 Å². The third kappa shape index (κ3) is 4.29. The summed E-state index contributed by atoms with van der Waals surface area (Å²) in [4.78, 5) is 30.6. The van der Waals surface area contributed by atoms with E-state index >= 15 is 0 Å². The summed E-state index contributed by atoms with van der Waals surface area (Å²) >= 11 is 0. The number of carbonyl (C=O) groups excluding carboxylic acids is 2. The van der Waals surface area contributed by atoms with Crippen LogP contribution < -0.4 is 10.2 Å². The molecule has 1 N–H and O–H groups in total. The second-order valence-corrected chi connectivity index (χ2v) is 7.49. The van der Waals surface area contributed by atoms with Crippen molar-refractivity contribution in [3.05, 3.63) is 24.3 Å². The maximum Gasteiger partial charge on any atom is 0.319 e. The van der Waals surface area contributed by atoms with E-state index in [0.29, 0.717) is 13.1 Å². The molecule has 2 saturated heterocycles. The van der Waals surface area contributed by atoms with E-state index in [-0.39, 0.29) is 17.9 Å². The van der Waals surface area contributed by atoms with Gasteiger partial charge >= 0.3 is 6.03 Å². The van der Waals surface area contributed by atoms with Gasteiger partial charge in [0.1, 0.15) is 0 Å². The number of para-hydroxylation sites is 2. The quantitative estimate of drug-likeness (QED) is 0.904. The number of urea groups is 1. The van der Waals surface area contributed by atoms with Gasteiger partial charge in [-0.05, 0) is 44.2 Å². The normalized spacial score (nSPS) is 18.5. The molecule has 0 bridgehead atoms. The fraction of sp³-hybridized carbons (Fsp3) is 0.600. The first-order chi connectivity index (χ1) is 12.6. The van der Waals surface area contributed by atoms with E-state index in [4.69, 9.17) is 0 Å². The molecule has 2 aliphatic rings. The first-order valence-electron chi connectivity index (χ1n) is 9.67.